The summed E-state index contributed by atoms with van der Waals surface area (Å²) in [5, 5.41) is 0. The molecule has 2 rings (SSSR count). The van der Waals surface area contributed by atoms with Gasteiger partial charge in [-0.1, -0.05) is 51.4 Å². The lowest BCUT2D eigenvalue weighted by Crippen LogP contribution is -2.03. The maximum atomic E-state index is 5.95. The van der Waals surface area contributed by atoms with Gasteiger partial charge in [0.1, 0.15) is 23.0 Å². The van der Waals surface area contributed by atoms with E-state index in [0.717, 1.165) is 25.7 Å². The maximum Gasteiger partial charge on any atom is 0.136 e. The quantitative estimate of drug-likeness (QED) is 0.355. The molecule has 0 aromatic heterocycles. The summed E-state index contributed by atoms with van der Waals surface area (Å²) in [4.78, 5) is 0. The molecule has 0 amide bonds. The van der Waals surface area contributed by atoms with Crippen LogP contribution < -0.4 is 18.9 Å². The Morgan fingerprint density at radius 1 is 0.500 bits per heavy atom. The predicted octanol–water partition coefficient (Wildman–Crippen LogP) is 6.20. The molecular weight excluding hydrogens is 424 g/mol. The van der Waals surface area contributed by atoms with Crippen molar-refractivity contribution in [2.45, 2.75) is 53.4 Å². The van der Waals surface area contributed by atoms with E-state index in [1.807, 2.05) is 52.0 Å². The standard InChI is InChI=1S/C30H34O4/c1-7-15-31-27-21-25(29(33-17-9-3)19-23(27)11-5)13-14-26-22-28(32-16-8-2)24(12-6)20-30(26)34-18-10-4/h5-6,19-22H,7-10,15-18H2,1-4H3. The molecule has 4 nitrogen and oxygen atoms in total. The van der Waals surface area contributed by atoms with Crippen LogP contribution in [-0.2, 0) is 0 Å². The maximum absolute atomic E-state index is 5.95. The minimum atomic E-state index is 0.560. The van der Waals surface area contributed by atoms with Crippen LogP contribution >= 0.6 is 0 Å². The summed E-state index contributed by atoms with van der Waals surface area (Å²) in [6, 6.07) is 7.33. The SMILES string of the molecule is C#Cc1cc(OCCC)c(C#Cc2cc(OCCC)c(C#C)cc2OCCC)cc1OCCC. The van der Waals surface area contributed by atoms with Gasteiger partial charge >= 0.3 is 0 Å². The van der Waals surface area contributed by atoms with Crippen molar-refractivity contribution in [3.63, 3.8) is 0 Å². The van der Waals surface area contributed by atoms with E-state index in [-0.39, 0.29) is 0 Å². The van der Waals surface area contributed by atoms with E-state index in [4.69, 9.17) is 31.8 Å². The fourth-order valence-corrected chi connectivity index (χ4v) is 3.00. The molecule has 0 bridgehead atoms. The first-order valence-corrected chi connectivity index (χ1v) is 11.9. The Labute approximate surface area is 205 Å². The molecule has 2 aromatic carbocycles. The summed E-state index contributed by atoms with van der Waals surface area (Å²) in [5.74, 6) is 14.3. The van der Waals surface area contributed by atoms with Gasteiger partial charge in [0.2, 0.25) is 0 Å². The lowest BCUT2D eigenvalue weighted by atomic mass is 10.1. The molecule has 0 unspecified atom stereocenters. The van der Waals surface area contributed by atoms with Crippen LogP contribution in [0.25, 0.3) is 0 Å². The molecule has 0 aliphatic heterocycles. The predicted molar refractivity (Wildman–Crippen MR) is 138 cm³/mol. The van der Waals surface area contributed by atoms with Gasteiger partial charge in [-0.15, -0.1) is 12.8 Å². The number of rotatable bonds is 12. The molecule has 0 saturated carbocycles. The molecule has 0 N–H and O–H groups in total. The Morgan fingerprint density at radius 2 is 0.765 bits per heavy atom. The number of benzene rings is 2. The second kappa shape index (κ2) is 14.5. The molecule has 178 valence electrons. The molecule has 0 fully saturated rings. The largest absolute Gasteiger partial charge is 0.492 e. The minimum Gasteiger partial charge on any atom is -0.492 e. The Hall–Kier alpha value is -3.68. The van der Waals surface area contributed by atoms with Crippen LogP contribution in [0.2, 0.25) is 0 Å². The summed E-state index contributed by atoms with van der Waals surface area (Å²) in [7, 11) is 0. The lowest BCUT2D eigenvalue weighted by Gasteiger charge is -2.14. The van der Waals surface area contributed by atoms with E-state index in [1.54, 1.807) is 0 Å². The molecule has 2 aromatic rings. The molecule has 0 radical (unpaired) electrons. The van der Waals surface area contributed by atoms with Crippen molar-refractivity contribution < 1.29 is 18.9 Å². The van der Waals surface area contributed by atoms with Crippen molar-refractivity contribution in [3.8, 4) is 59.5 Å². The van der Waals surface area contributed by atoms with Crippen LogP contribution in [0.1, 0.15) is 75.6 Å². The van der Waals surface area contributed by atoms with Crippen LogP contribution in [0.3, 0.4) is 0 Å². The Kier molecular flexibility index (Phi) is 11.3. The highest BCUT2D eigenvalue weighted by molar-refractivity contribution is 5.62. The summed E-state index contributed by atoms with van der Waals surface area (Å²) in [5.41, 5.74) is 2.67. The summed E-state index contributed by atoms with van der Waals surface area (Å²) in [6.45, 7) is 10.4. The second-order valence-electron chi connectivity index (χ2n) is 7.62. The molecule has 34 heavy (non-hydrogen) atoms. The van der Waals surface area contributed by atoms with E-state index >= 15 is 0 Å². The normalized spacial score (nSPS) is 9.82. The number of hydrogen-bond donors (Lipinski definition) is 0. The van der Waals surface area contributed by atoms with Gasteiger partial charge < -0.3 is 18.9 Å². The number of terminal acetylenes is 2. The molecule has 0 aliphatic rings. The molecule has 0 atom stereocenters. The van der Waals surface area contributed by atoms with Gasteiger partial charge in [-0.2, -0.15) is 0 Å². The average Bonchev–Trinajstić information content (AvgIpc) is 2.87. The zero-order valence-corrected chi connectivity index (χ0v) is 20.8. The van der Waals surface area contributed by atoms with Gasteiger partial charge in [0.05, 0.1) is 48.7 Å². The highest BCUT2D eigenvalue weighted by atomic mass is 16.5. The summed E-state index contributed by atoms with van der Waals surface area (Å²) in [6.07, 6.45) is 14.9. The van der Waals surface area contributed by atoms with E-state index in [9.17, 15) is 0 Å². The van der Waals surface area contributed by atoms with Gasteiger partial charge in [0.15, 0.2) is 0 Å². The fourth-order valence-electron chi connectivity index (χ4n) is 3.00. The van der Waals surface area contributed by atoms with Crippen molar-refractivity contribution in [1.29, 1.82) is 0 Å². The second-order valence-corrected chi connectivity index (χ2v) is 7.62. The Balaban J connectivity index is 2.60. The third-order valence-corrected chi connectivity index (χ3v) is 4.65. The van der Waals surface area contributed by atoms with Gasteiger partial charge in [0, 0.05) is 24.3 Å². The molecular formula is C30H34O4. The van der Waals surface area contributed by atoms with Crippen molar-refractivity contribution in [1.82, 2.24) is 0 Å². The van der Waals surface area contributed by atoms with Gasteiger partial charge in [-0.25, -0.2) is 0 Å². The van der Waals surface area contributed by atoms with Crippen LogP contribution in [0.5, 0.6) is 23.0 Å². The number of hydrogen-bond acceptors (Lipinski definition) is 4. The van der Waals surface area contributed by atoms with Crippen molar-refractivity contribution in [3.05, 3.63) is 46.5 Å². The average molecular weight is 459 g/mol. The first-order valence-electron chi connectivity index (χ1n) is 11.9. The molecule has 0 saturated heterocycles. The molecule has 4 heteroatoms. The molecule has 0 spiro atoms. The van der Waals surface area contributed by atoms with Gasteiger partial charge in [-0.05, 0) is 25.7 Å². The van der Waals surface area contributed by atoms with E-state index in [1.165, 1.54) is 0 Å². The minimum absolute atomic E-state index is 0.560. The monoisotopic (exact) mass is 458 g/mol. The van der Waals surface area contributed by atoms with Crippen LogP contribution in [0.4, 0.5) is 0 Å². The topological polar surface area (TPSA) is 36.9 Å². The van der Waals surface area contributed by atoms with E-state index in [2.05, 4.69) is 23.7 Å². The third-order valence-electron chi connectivity index (χ3n) is 4.65. The summed E-state index contributed by atoms with van der Waals surface area (Å²) >= 11 is 0. The summed E-state index contributed by atoms with van der Waals surface area (Å²) < 4.78 is 23.6. The highest BCUT2D eigenvalue weighted by Crippen LogP contribution is 2.31. The Morgan fingerprint density at radius 3 is 1.03 bits per heavy atom. The fraction of sp³-hybridized carbons (Fsp3) is 0.400. The first kappa shape index (κ1) is 26.6. The van der Waals surface area contributed by atoms with Gasteiger partial charge in [0.25, 0.3) is 0 Å². The first-order chi connectivity index (χ1) is 16.6. The van der Waals surface area contributed by atoms with E-state index < -0.39 is 0 Å². The number of ether oxygens (including phenoxy) is 4. The zero-order valence-electron chi connectivity index (χ0n) is 20.8. The van der Waals surface area contributed by atoms with Crippen LogP contribution in [-0.4, -0.2) is 26.4 Å². The van der Waals surface area contributed by atoms with Crippen LogP contribution in [0, 0.1) is 36.5 Å². The van der Waals surface area contributed by atoms with Crippen molar-refractivity contribution >= 4 is 0 Å². The van der Waals surface area contributed by atoms with Crippen molar-refractivity contribution in [2.24, 2.45) is 0 Å². The van der Waals surface area contributed by atoms with E-state index in [0.29, 0.717) is 71.7 Å². The van der Waals surface area contributed by atoms with Crippen molar-refractivity contribution in [2.75, 3.05) is 26.4 Å². The lowest BCUT2D eigenvalue weighted by molar-refractivity contribution is 0.307. The van der Waals surface area contributed by atoms with Crippen LogP contribution in [0.15, 0.2) is 24.3 Å². The molecule has 0 heterocycles. The third kappa shape index (κ3) is 7.43. The highest BCUT2D eigenvalue weighted by Gasteiger charge is 2.13. The molecule has 0 aliphatic carbocycles. The van der Waals surface area contributed by atoms with Gasteiger partial charge in [-0.3, -0.25) is 0 Å². The smallest absolute Gasteiger partial charge is 0.136 e. The Bertz CT molecular complexity index is 1000. The zero-order chi connectivity index (χ0) is 24.8.